The van der Waals surface area contributed by atoms with Crippen molar-refractivity contribution in [2.45, 2.75) is 6.54 Å². The molecule has 1 aromatic heterocycles. The molecule has 0 radical (unpaired) electrons. The molecule has 1 aliphatic rings. The van der Waals surface area contributed by atoms with Crippen LogP contribution in [0.15, 0.2) is 36.8 Å². The van der Waals surface area contributed by atoms with Gasteiger partial charge in [0.15, 0.2) is 11.5 Å². The second-order valence-corrected chi connectivity index (χ2v) is 3.63. The number of rotatable bonds is 3. The molecule has 2 heterocycles. The van der Waals surface area contributed by atoms with E-state index in [1.54, 1.807) is 18.6 Å². The summed E-state index contributed by atoms with van der Waals surface area (Å²) < 4.78 is 10.6. The van der Waals surface area contributed by atoms with Crippen molar-refractivity contribution in [2.24, 2.45) is 0 Å². The van der Waals surface area contributed by atoms with Crippen molar-refractivity contribution < 1.29 is 9.47 Å². The molecule has 0 aliphatic carbocycles. The number of nitrogens with zero attached hydrogens (tertiary/aromatic N) is 2. The molecule has 1 N–H and O–H groups in total. The van der Waals surface area contributed by atoms with Gasteiger partial charge in [0.25, 0.3) is 0 Å². The van der Waals surface area contributed by atoms with Gasteiger partial charge in [-0.25, -0.2) is 4.98 Å². The Morgan fingerprint density at radius 3 is 3.00 bits per heavy atom. The highest BCUT2D eigenvalue weighted by Crippen LogP contribution is 2.32. The van der Waals surface area contributed by atoms with Crippen molar-refractivity contribution in [3.63, 3.8) is 0 Å². The van der Waals surface area contributed by atoms with E-state index >= 15 is 0 Å². The predicted octanol–water partition coefficient (Wildman–Crippen LogP) is 1.82. The van der Waals surface area contributed by atoms with Gasteiger partial charge in [-0.3, -0.25) is 4.98 Å². The maximum Gasteiger partial charge on any atom is 0.231 e. The standard InChI is InChI=1S/C12H11N3O2/c1-2-10-11(17-8-16-10)5-9(1)6-15-12-7-13-3-4-14-12/h1-5,7H,6,8H2,(H,14,15). The maximum absolute atomic E-state index is 5.31. The van der Waals surface area contributed by atoms with E-state index < -0.39 is 0 Å². The average molecular weight is 229 g/mol. The van der Waals surface area contributed by atoms with Gasteiger partial charge in [-0.1, -0.05) is 6.07 Å². The Kier molecular flexibility index (Phi) is 2.50. The molecule has 5 nitrogen and oxygen atoms in total. The second-order valence-electron chi connectivity index (χ2n) is 3.63. The highest BCUT2D eigenvalue weighted by Gasteiger charge is 2.12. The normalized spacial score (nSPS) is 12.5. The minimum atomic E-state index is 0.302. The van der Waals surface area contributed by atoms with E-state index in [4.69, 9.17) is 9.47 Å². The van der Waals surface area contributed by atoms with Crippen LogP contribution in [-0.4, -0.2) is 16.8 Å². The summed E-state index contributed by atoms with van der Waals surface area (Å²) in [4.78, 5) is 8.12. The van der Waals surface area contributed by atoms with E-state index in [1.165, 1.54) is 0 Å². The lowest BCUT2D eigenvalue weighted by molar-refractivity contribution is 0.174. The van der Waals surface area contributed by atoms with E-state index in [1.807, 2.05) is 18.2 Å². The molecule has 0 atom stereocenters. The van der Waals surface area contributed by atoms with Crippen LogP contribution in [0.3, 0.4) is 0 Å². The maximum atomic E-state index is 5.31. The number of anilines is 1. The molecule has 1 aliphatic heterocycles. The van der Waals surface area contributed by atoms with E-state index in [0.717, 1.165) is 22.9 Å². The molecule has 2 aromatic rings. The summed E-state index contributed by atoms with van der Waals surface area (Å²) in [6, 6.07) is 5.87. The monoisotopic (exact) mass is 229 g/mol. The summed E-state index contributed by atoms with van der Waals surface area (Å²) in [5, 5.41) is 3.18. The molecule has 0 spiro atoms. The SMILES string of the molecule is c1cnc(NCc2ccc3c(c2)OCO3)cn1. The second kappa shape index (κ2) is 4.29. The lowest BCUT2D eigenvalue weighted by Crippen LogP contribution is -2.01. The Hall–Kier alpha value is -2.30. The first kappa shape index (κ1) is 9.89. The molecule has 1 aromatic carbocycles. The fraction of sp³-hybridized carbons (Fsp3) is 0.167. The molecule has 0 saturated carbocycles. The molecule has 5 heteroatoms. The summed E-state index contributed by atoms with van der Waals surface area (Å²) in [7, 11) is 0. The Morgan fingerprint density at radius 2 is 2.12 bits per heavy atom. The topological polar surface area (TPSA) is 56.3 Å². The molecular weight excluding hydrogens is 218 g/mol. The van der Waals surface area contributed by atoms with Crippen molar-refractivity contribution >= 4 is 5.82 Å². The van der Waals surface area contributed by atoms with E-state index in [0.29, 0.717) is 13.3 Å². The van der Waals surface area contributed by atoms with Crippen LogP contribution in [-0.2, 0) is 6.54 Å². The summed E-state index contributed by atoms with van der Waals surface area (Å²) >= 11 is 0. The molecule has 0 unspecified atom stereocenters. The Balaban J connectivity index is 1.70. The van der Waals surface area contributed by atoms with Crippen molar-refractivity contribution in [2.75, 3.05) is 12.1 Å². The van der Waals surface area contributed by atoms with Gasteiger partial charge in [0.2, 0.25) is 6.79 Å². The minimum absolute atomic E-state index is 0.302. The smallest absolute Gasteiger partial charge is 0.231 e. The van der Waals surface area contributed by atoms with Crippen molar-refractivity contribution in [1.82, 2.24) is 9.97 Å². The van der Waals surface area contributed by atoms with Gasteiger partial charge < -0.3 is 14.8 Å². The van der Waals surface area contributed by atoms with E-state index in [-0.39, 0.29) is 0 Å². The third kappa shape index (κ3) is 2.13. The number of nitrogens with one attached hydrogen (secondary N) is 1. The fourth-order valence-corrected chi connectivity index (χ4v) is 1.63. The molecule has 0 amide bonds. The zero-order chi connectivity index (χ0) is 11.5. The zero-order valence-corrected chi connectivity index (χ0v) is 9.09. The van der Waals surface area contributed by atoms with Crippen molar-refractivity contribution in [1.29, 1.82) is 0 Å². The predicted molar refractivity (Wildman–Crippen MR) is 61.9 cm³/mol. The first-order valence-electron chi connectivity index (χ1n) is 5.30. The van der Waals surface area contributed by atoms with Crippen LogP contribution >= 0.6 is 0 Å². The van der Waals surface area contributed by atoms with Gasteiger partial charge >= 0.3 is 0 Å². The number of hydrogen-bond acceptors (Lipinski definition) is 5. The third-order valence-electron chi connectivity index (χ3n) is 2.47. The average Bonchev–Trinajstić information content (AvgIpc) is 2.85. The van der Waals surface area contributed by atoms with Crippen LogP contribution in [0.5, 0.6) is 11.5 Å². The first-order chi connectivity index (χ1) is 8.42. The number of benzene rings is 1. The van der Waals surface area contributed by atoms with Crippen LogP contribution in [0.25, 0.3) is 0 Å². The molecular formula is C12H11N3O2. The molecule has 17 heavy (non-hydrogen) atoms. The number of ether oxygens (including phenoxy) is 2. The summed E-state index contributed by atoms with van der Waals surface area (Å²) in [6.07, 6.45) is 4.99. The van der Waals surface area contributed by atoms with Gasteiger partial charge in [-0.05, 0) is 17.7 Å². The van der Waals surface area contributed by atoms with E-state index in [9.17, 15) is 0 Å². The van der Waals surface area contributed by atoms with Gasteiger partial charge in [-0.2, -0.15) is 0 Å². The third-order valence-corrected chi connectivity index (χ3v) is 2.47. The van der Waals surface area contributed by atoms with Crippen LogP contribution in [0.1, 0.15) is 5.56 Å². The minimum Gasteiger partial charge on any atom is -0.454 e. The van der Waals surface area contributed by atoms with Gasteiger partial charge in [-0.15, -0.1) is 0 Å². The summed E-state index contributed by atoms with van der Waals surface area (Å²) in [5.74, 6) is 2.35. The Morgan fingerprint density at radius 1 is 1.18 bits per heavy atom. The molecule has 0 saturated heterocycles. The number of hydrogen-bond donors (Lipinski definition) is 1. The molecule has 86 valence electrons. The van der Waals surface area contributed by atoms with Crippen LogP contribution in [0, 0.1) is 0 Å². The van der Waals surface area contributed by atoms with Crippen LogP contribution < -0.4 is 14.8 Å². The highest BCUT2D eigenvalue weighted by molar-refractivity contribution is 5.45. The number of fused-ring (bicyclic) bond motifs is 1. The van der Waals surface area contributed by atoms with Crippen LogP contribution in [0.2, 0.25) is 0 Å². The summed E-state index contributed by atoms with van der Waals surface area (Å²) in [6.45, 7) is 0.978. The number of aromatic nitrogens is 2. The quantitative estimate of drug-likeness (QED) is 0.870. The molecule has 0 fully saturated rings. The Bertz CT molecular complexity index is 516. The first-order valence-corrected chi connectivity index (χ1v) is 5.30. The molecule has 3 rings (SSSR count). The van der Waals surface area contributed by atoms with Gasteiger partial charge in [0.1, 0.15) is 5.82 Å². The van der Waals surface area contributed by atoms with Crippen molar-refractivity contribution in [3.8, 4) is 11.5 Å². The fourth-order valence-electron chi connectivity index (χ4n) is 1.63. The van der Waals surface area contributed by atoms with Crippen LogP contribution in [0.4, 0.5) is 5.82 Å². The highest BCUT2D eigenvalue weighted by atomic mass is 16.7. The van der Waals surface area contributed by atoms with Crippen molar-refractivity contribution in [3.05, 3.63) is 42.4 Å². The lowest BCUT2D eigenvalue weighted by Gasteiger charge is -2.05. The zero-order valence-electron chi connectivity index (χ0n) is 9.09. The summed E-state index contributed by atoms with van der Waals surface area (Å²) in [5.41, 5.74) is 1.11. The van der Waals surface area contributed by atoms with E-state index in [2.05, 4.69) is 15.3 Å². The van der Waals surface area contributed by atoms with Gasteiger partial charge in [0.05, 0.1) is 6.20 Å². The Labute approximate surface area is 98.4 Å². The van der Waals surface area contributed by atoms with Gasteiger partial charge in [0, 0.05) is 18.9 Å². The largest absolute Gasteiger partial charge is 0.454 e. The lowest BCUT2D eigenvalue weighted by atomic mass is 10.2. The molecule has 0 bridgehead atoms.